The molecule has 4 aromatic rings. The maximum atomic E-state index is 6.48. The summed E-state index contributed by atoms with van der Waals surface area (Å²) in [5, 5.41) is 9.93. The number of nitrogens with zero attached hydrogens (tertiary/aromatic N) is 8. The largest absolute Gasteiger partial charge is 0.382 e. The highest BCUT2D eigenvalue weighted by Crippen LogP contribution is 2.32. The van der Waals surface area contributed by atoms with Crippen LogP contribution in [-0.2, 0) is 6.54 Å². The highest BCUT2D eigenvalue weighted by Gasteiger charge is 2.19. The molecule has 0 atom stereocenters. The first-order valence-electron chi connectivity index (χ1n) is 11.1. The normalized spacial score (nSPS) is 14.6. The topological polar surface area (TPSA) is 102 Å². The Balaban J connectivity index is 1.39. The maximum Gasteiger partial charge on any atom is 0.185 e. The zero-order valence-corrected chi connectivity index (χ0v) is 20.9. The Hall–Kier alpha value is -3.08. The summed E-state index contributed by atoms with van der Waals surface area (Å²) in [6.45, 7) is 8.75. The van der Waals surface area contributed by atoms with Crippen LogP contribution in [0, 0.1) is 13.8 Å². The third-order valence-corrected chi connectivity index (χ3v) is 7.55. The van der Waals surface area contributed by atoms with Crippen molar-refractivity contribution >= 4 is 33.9 Å². The SMILES string of the molecule is Cc1cccc(-c2nc(N)c(Cl)c(-c3cn(Cc4cnc(N5CCN(C)CC5)s4)nn3)n2)c1C. The lowest BCUT2D eigenvalue weighted by atomic mass is 10.0. The van der Waals surface area contributed by atoms with E-state index in [1.165, 1.54) is 0 Å². The molecule has 0 radical (unpaired) electrons. The fraction of sp³-hybridized carbons (Fsp3) is 0.348. The average molecular weight is 496 g/mol. The standard InChI is InChI=1S/C23H26ClN9S/c1-14-5-4-6-17(15(14)2)22-27-20(19(24)21(25)28-22)18-13-33(30-29-18)12-16-11-26-23(34-16)32-9-7-31(3)8-10-32/h4-6,11,13H,7-10,12H2,1-3H3,(H2,25,27,28). The molecule has 0 spiro atoms. The highest BCUT2D eigenvalue weighted by atomic mass is 35.5. The van der Waals surface area contributed by atoms with Gasteiger partial charge in [-0.1, -0.05) is 46.4 Å². The van der Waals surface area contributed by atoms with Crippen LogP contribution in [0.25, 0.3) is 22.8 Å². The number of hydrogen-bond acceptors (Lipinski definition) is 9. The minimum absolute atomic E-state index is 0.219. The van der Waals surface area contributed by atoms with E-state index in [0.29, 0.717) is 23.8 Å². The second-order valence-electron chi connectivity index (χ2n) is 8.54. The Bertz CT molecular complexity index is 1320. The average Bonchev–Trinajstić information content (AvgIpc) is 3.48. The van der Waals surface area contributed by atoms with E-state index in [1.807, 2.05) is 31.5 Å². The Morgan fingerprint density at radius 1 is 1.12 bits per heavy atom. The fourth-order valence-corrected chi connectivity index (χ4v) is 5.04. The molecule has 1 aromatic carbocycles. The van der Waals surface area contributed by atoms with Gasteiger partial charge in [0.1, 0.15) is 22.2 Å². The van der Waals surface area contributed by atoms with Crippen LogP contribution in [0.5, 0.6) is 0 Å². The maximum absolute atomic E-state index is 6.48. The summed E-state index contributed by atoms with van der Waals surface area (Å²) in [4.78, 5) is 19.5. The molecule has 1 saturated heterocycles. The van der Waals surface area contributed by atoms with Crippen LogP contribution in [0.1, 0.15) is 16.0 Å². The van der Waals surface area contributed by atoms with Crippen molar-refractivity contribution in [1.29, 1.82) is 0 Å². The van der Waals surface area contributed by atoms with Crippen molar-refractivity contribution in [2.75, 3.05) is 43.9 Å². The lowest BCUT2D eigenvalue weighted by Gasteiger charge is -2.32. The Kier molecular flexibility index (Phi) is 6.20. The second kappa shape index (κ2) is 9.28. The molecule has 34 heavy (non-hydrogen) atoms. The van der Waals surface area contributed by atoms with Gasteiger partial charge in [-0.15, -0.1) is 5.10 Å². The van der Waals surface area contributed by atoms with Gasteiger partial charge in [-0.3, -0.25) is 0 Å². The molecule has 0 saturated carbocycles. The lowest BCUT2D eigenvalue weighted by Crippen LogP contribution is -2.44. The molecular weight excluding hydrogens is 470 g/mol. The number of likely N-dealkylation sites (N-methyl/N-ethyl adjacent to an activating group) is 1. The van der Waals surface area contributed by atoms with Gasteiger partial charge in [0.2, 0.25) is 0 Å². The van der Waals surface area contributed by atoms with Gasteiger partial charge in [0.25, 0.3) is 0 Å². The second-order valence-corrected chi connectivity index (χ2v) is 10.0. The molecule has 176 valence electrons. The summed E-state index contributed by atoms with van der Waals surface area (Å²) in [5.41, 5.74) is 10.3. The van der Waals surface area contributed by atoms with Gasteiger partial charge in [0.15, 0.2) is 11.0 Å². The number of piperazine rings is 1. The molecule has 1 aliphatic heterocycles. The molecule has 4 heterocycles. The van der Waals surface area contributed by atoms with Crippen molar-refractivity contribution in [2.24, 2.45) is 0 Å². The van der Waals surface area contributed by atoms with Crippen LogP contribution in [0.15, 0.2) is 30.6 Å². The zero-order chi connectivity index (χ0) is 23.8. The molecule has 9 nitrogen and oxygen atoms in total. The van der Waals surface area contributed by atoms with Gasteiger partial charge >= 0.3 is 0 Å². The van der Waals surface area contributed by atoms with Crippen LogP contribution in [0.3, 0.4) is 0 Å². The van der Waals surface area contributed by atoms with Crippen LogP contribution in [0.2, 0.25) is 5.02 Å². The number of thiazole rings is 1. The fourth-order valence-electron chi connectivity index (χ4n) is 3.91. The number of aromatic nitrogens is 6. The molecule has 0 bridgehead atoms. The van der Waals surface area contributed by atoms with Crippen molar-refractivity contribution in [3.05, 3.63) is 51.6 Å². The molecule has 2 N–H and O–H groups in total. The van der Waals surface area contributed by atoms with Gasteiger partial charge in [-0.25, -0.2) is 19.6 Å². The molecule has 0 amide bonds. The lowest BCUT2D eigenvalue weighted by molar-refractivity contribution is 0.313. The number of aryl methyl sites for hydroxylation is 1. The molecule has 11 heteroatoms. The van der Waals surface area contributed by atoms with E-state index in [4.69, 9.17) is 22.3 Å². The minimum Gasteiger partial charge on any atom is -0.382 e. The third kappa shape index (κ3) is 4.48. The number of rotatable bonds is 5. The zero-order valence-electron chi connectivity index (χ0n) is 19.4. The van der Waals surface area contributed by atoms with Crippen molar-refractivity contribution in [3.8, 4) is 22.8 Å². The number of halogens is 1. The molecule has 1 fully saturated rings. The van der Waals surface area contributed by atoms with E-state index < -0.39 is 0 Å². The van der Waals surface area contributed by atoms with Gasteiger partial charge in [0.05, 0.1) is 12.7 Å². The van der Waals surface area contributed by atoms with Crippen LogP contribution in [0.4, 0.5) is 10.9 Å². The molecule has 3 aromatic heterocycles. The Morgan fingerprint density at radius 3 is 2.71 bits per heavy atom. The van der Waals surface area contributed by atoms with E-state index in [0.717, 1.165) is 52.9 Å². The van der Waals surface area contributed by atoms with Crippen LogP contribution in [-0.4, -0.2) is 68.1 Å². The van der Waals surface area contributed by atoms with E-state index >= 15 is 0 Å². The van der Waals surface area contributed by atoms with Gasteiger partial charge in [-0.05, 0) is 32.0 Å². The number of hydrogen-bond donors (Lipinski definition) is 1. The van der Waals surface area contributed by atoms with E-state index in [-0.39, 0.29) is 10.8 Å². The summed E-state index contributed by atoms with van der Waals surface area (Å²) in [6.07, 6.45) is 3.74. The van der Waals surface area contributed by atoms with Gasteiger partial charge in [-0.2, -0.15) is 0 Å². The van der Waals surface area contributed by atoms with Crippen molar-refractivity contribution in [1.82, 2.24) is 34.8 Å². The first-order valence-corrected chi connectivity index (χ1v) is 12.3. The number of benzene rings is 1. The van der Waals surface area contributed by atoms with Gasteiger partial charge < -0.3 is 15.5 Å². The summed E-state index contributed by atoms with van der Waals surface area (Å²) < 4.78 is 1.77. The number of anilines is 2. The van der Waals surface area contributed by atoms with Crippen molar-refractivity contribution in [3.63, 3.8) is 0 Å². The Labute approximate surface area is 207 Å². The van der Waals surface area contributed by atoms with E-state index in [1.54, 1.807) is 16.0 Å². The van der Waals surface area contributed by atoms with E-state index in [2.05, 4.69) is 50.1 Å². The molecule has 1 aliphatic rings. The van der Waals surface area contributed by atoms with Crippen molar-refractivity contribution in [2.45, 2.75) is 20.4 Å². The first kappa shape index (κ1) is 22.7. The highest BCUT2D eigenvalue weighted by molar-refractivity contribution is 7.15. The molecule has 0 aliphatic carbocycles. The molecule has 0 unspecified atom stereocenters. The van der Waals surface area contributed by atoms with Crippen molar-refractivity contribution < 1.29 is 0 Å². The first-order chi connectivity index (χ1) is 16.4. The van der Waals surface area contributed by atoms with Crippen LogP contribution < -0.4 is 10.6 Å². The number of nitrogen functional groups attached to an aromatic ring is 1. The predicted molar refractivity (Wildman–Crippen MR) is 136 cm³/mol. The quantitative estimate of drug-likeness (QED) is 0.448. The van der Waals surface area contributed by atoms with Gasteiger partial charge in [0, 0.05) is 42.8 Å². The minimum atomic E-state index is 0.219. The summed E-state index contributed by atoms with van der Waals surface area (Å²) in [7, 11) is 2.15. The molecule has 5 rings (SSSR count). The van der Waals surface area contributed by atoms with Crippen LogP contribution >= 0.6 is 22.9 Å². The number of nitrogens with two attached hydrogens (primary N) is 1. The summed E-state index contributed by atoms with van der Waals surface area (Å²) in [5.74, 6) is 0.739. The third-order valence-electron chi connectivity index (χ3n) is 6.14. The predicted octanol–water partition coefficient (Wildman–Crippen LogP) is 3.51. The molecular formula is C23H26ClN9S. The smallest absolute Gasteiger partial charge is 0.185 e. The summed E-state index contributed by atoms with van der Waals surface area (Å²) >= 11 is 8.17. The monoisotopic (exact) mass is 495 g/mol. The Morgan fingerprint density at radius 2 is 1.91 bits per heavy atom. The summed E-state index contributed by atoms with van der Waals surface area (Å²) in [6, 6.07) is 6.01. The van der Waals surface area contributed by atoms with E-state index in [9.17, 15) is 0 Å².